The molecule has 11 nitrogen and oxygen atoms in total. The predicted molar refractivity (Wildman–Crippen MR) is 139 cm³/mol. The van der Waals surface area contributed by atoms with E-state index in [4.69, 9.17) is 4.74 Å². The summed E-state index contributed by atoms with van der Waals surface area (Å²) in [6.45, 7) is -1.03. The average Bonchev–Trinajstić information content (AvgIpc) is 2.92. The second kappa shape index (κ2) is 11.3. The number of ether oxygens (including phenoxy) is 1. The van der Waals surface area contributed by atoms with Crippen LogP contribution < -0.4 is 27.0 Å². The Morgan fingerprint density at radius 3 is 2.20 bits per heavy atom. The molecule has 0 aliphatic heterocycles. The molecule has 2 N–H and O–H groups in total. The molecule has 0 radical (unpaired) electrons. The van der Waals surface area contributed by atoms with Crippen molar-refractivity contribution in [2.75, 3.05) is 26.5 Å². The molecule has 0 spiro atoms. The maximum absolute atomic E-state index is 13.9. The molecule has 2 heterocycles. The van der Waals surface area contributed by atoms with Crippen LogP contribution in [0.3, 0.4) is 0 Å². The van der Waals surface area contributed by atoms with Crippen LogP contribution >= 0.6 is 0 Å². The predicted octanol–water partition coefficient (Wildman–Crippen LogP) is 2.06. The van der Waals surface area contributed by atoms with Crippen LogP contribution in [0.1, 0.15) is 21.6 Å². The van der Waals surface area contributed by atoms with Crippen molar-refractivity contribution in [1.82, 2.24) is 24.0 Å². The van der Waals surface area contributed by atoms with Crippen molar-refractivity contribution < 1.29 is 22.7 Å². The summed E-state index contributed by atoms with van der Waals surface area (Å²) in [5.74, 6) is -4.81. The lowest BCUT2D eigenvalue weighted by molar-refractivity contribution is 0.0821. The van der Waals surface area contributed by atoms with Gasteiger partial charge in [-0.05, 0) is 54.1 Å². The van der Waals surface area contributed by atoms with Crippen molar-refractivity contribution in [2.24, 2.45) is 0 Å². The summed E-state index contributed by atoms with van der Waals surface area (Å²) in [6, 6.07) is 10.4. The van der Waals surface area contributed by atoms with Crippen molar-refractivity contribution in [3.05, 3.63) is 114 Å². The number of carbonyl (C=O) groups excluding carboxylic acids is 1. The van der Waals surface area contributed by atoms with Gasteiger partial charge in [-0.15, -0.1) is 0 Å². The number of carbonyl (C=O) groups is 1. The van der Waals surface area contributed by atoms with Crippen molar-refractivity contribution in [3.8, 4) is 5.75 Å². The van der Waals surface area contributed by atoms with Gasteiger partial charge < -0.3 is 19.9 Å². The second-order valence-corrected chi connectivity index (χ2v) is 8.83. The maximum atomic E-state index is 13.9. The number of halogens is 3. The van der Waals surface area contributed by atoms with Crippen molar-refractivity contribution in [2.45, 2.75) is 13.1 Å². The van der Waals surface area contributed by atoms with E-state index < -0.39 is 53.4 Å². The first kappa shape index (κ1) is 27.9. The van der Waals surface area contributed by atoms with E-state index in [1.807, 2.05) is 0 Å². The molecule has 14 heteroatoms. The molecule has 40 heavy (non-hydrogen) atoms. The van der Waals surface area contributed by atoms with Gasteiger partial charge in [0, 0.05) is 25.3 Å². The standard InChI is InChI=1S/C26H23F3N6O5/c1-33(2)23(37)20-9-4-15(22(36)31-20)13-35-25(38)32-24(30-16-5-7-17(40-3)8-6-16)34(26(35)39)12-14-10-18(27)21(29)19(28)11-14/h4-11H,12-13H2,1-3H3,(H,31,36)(H,30,32,38). The molecule has 0 fully saturated rings. The van der Waals surface area contributed by atoms with Gasteiger partial charge in [0.05, 0.1) is 20.2 Å². The normalized spacial score (nSPS) is 10.8. The van der Waals surface area contributed by atoms with Gasteiger partial charge in [0.15, 0.2) is 17.5 Å². The van der Waals surface area contributed by atoms with E-state index in [1.165, 1.54) is 38.2 Å². The highest BCUT2D eigenvalue weighted by Gasteiger charge is 2.18. The SMILES string of the molecule is COc1ccc(Nc2nc(=O)n(Cc3ccc(C(=O)N(C)C)[nH]c3=O)c(=O)n2Cc2cc(F)c(F)c(F)c2)cc1. The van der Waals surface area contributed by atoms with E-state index in [1.54, 1.807) is 24.3 Å². The molecule has 0 bridgehead atoms. The third kappa shape index (κ3) is 5.80. The van der Waals surface area contributed by atoms with Crippen LogP contribution in [-0.4, -0.2) is 51.1 Å². The zero-order valence-corrected chi connectivity index (χ0v) is 21.5. The molecule has 0 aliphatic carbocycles. The summed E-state index contributed by atoms with van der Waals surface area (Å²) in [4.78, 5) is 58.8. The van der Waals surface area contributed by atoms with Crippen LogP contribution in [0.15, 0.2) is 62.9 Å². The lowest BCUT2D eigenvalue weighted by atomic mass is 10.2. The van der Waals surface area contributed by atoms with E-state index in [-0.39, 0.29) is 22.8 Å². The number of amides is 1. The minimum atomic E-state index is -1.67. The number of hydrogen-bond acceptors (Lipinski definition) is 7. The fraction of sp³-hybridized carbons (Fsp3) is 0.192. The molecule has 2 aromatic heterocycles. The first-order valence-electron chi connectivity index (χ1n) is 11.7. The highest BCUT2D eigenvalue weighted by atomic mass is 19.2. The van der Waals surface area contributed by atoms with Gasteiger partial charge in [0.1, 0.15) is 11.4 Å². The zero-order valence-electron chi connectivity index (χ0n) is 21.5. The first-order valence-corrected chi connectivity index (χ1v) is 11.7. The Morgan fingerprint density at radius 1 is 0.975 bits per heavy atom. The van der Waals surface area contributed by atoms with Gasteiger partial charge in [0.25, 0.3) is 11.5 Å². The number of hydrogen-bond donors (Lipinski definition) is 2. The topological polar surface area (TPSA) is 131 Å². The van der Waals surface area contributed by atoms with Gasteiger partial charge in [-0.2, -0.15) is 4.98 Å². The van der Waals surface area contributed by atoms with Crippen LogP contribution in [0.5, 0.6) is 5.75 Å². The smallest absolute Gasteiger partial charge is 0.355 e. The molecule has 0 unspecified atom stereocenters. The molecule has 2 aromatic carbocycles. The number of anilines is 2. The molecule has 0 saturated carbocycles. The minimum absolute atomic E-state index is 0.000959. The van der Waals surface area contributed by atoms with Crippen LogP contribution in [0.2, 0.25) is 0 Å². The van der Waals surface area contributed by atoms with Crippen molar-refractivity contribution >= 4 is 17.5 Å². The summed E-state index contributed by atoms with van der Waals surface area (Å²) in [5.41, 5.74) is -2.48. The summed E-state index contributed by atoms with van der Waals surface area (Å²) in [5, 5.41) is 2.81. The number of rotatable bonds is 8. The molecular formula is C26H23F3N6O5. The zero-order chi connectivity index (χ0) is 29.1. The number of aromatic nitrogens is 4. The average molecular weight is 557 g/mol. The van der Waals surface area contributed by atoms with Crippen molar-refractivity contribution in [3.63, 3.8) is 0 Å². The maximum Gasteiger partial charge on any atom is 0.355 e. The fourth-order valence-corrected chi connectivity index (χ4v) is 3.75. The number of pyridine rings is 1. The summed E-state index contributed by atoms with van der Waals surface area (Å²) in [7, 11) is 4.48. The molecular weight excluding hydrogens is 533 g/mol. The lowest BCUT2D eigenvalue weighted by Gasteiger charge is -2.16. The molecule has 4 aromatic rings. The number of methoxy groups -OCH3 is 1. The van der Waals surface area contributed by atoms with Crippen LogP contribution in [0.4, 0.5) is 24.8 Å². The Morgan fingerprint density at radius 2 is 1.62 bits per heavy atom. The van der Waals surface area contributed by atoms with Crippen LogP contribution in [0.25, 0.3) is 0 Å². The summed E-state index contributed by atoms with van der Waals surface area (Å²) in [6.07, 6.45) is 0. The summed E-state index contributed by atoms with van der Waals surface area (Å²) < 4.78 is 48.0. The Hall–Kier alpha value is -5.14. The fourth-order valence-electron chi connectivity index (χ4n) is 3.75. The minimum Gasteiger partial charge on any atom is -0.497 e. The lowest BCUT2D eigenvalue weighted by Crippen LogP contribution is -2.43. The van der Waals surface area contributed by atoms with Gasteiger partial charge in [-0.3, -0.25) is 14.2 Å². The van der Waals surface area contributed by atoms with Gasteiger partial charge in [-0.25, -0.2) is 27.3 Å². The number of aromatic amines is 1. The molecule has 1 amide bonds. The highest BCUT2D eigenvalue weighted by Crippen LogP contribution is 2.19. The van der Waals surface area contributed by atoms with Crippen molar-refractivity contribution in [1.29, 1.82) is 0 Å². The third-order valence-corrected chi connectivity index (χ3v) is 5.84. The van der Waals surface area contributed by atoms with Gasteiger partial charge >= 0.3 is 11.4 Å². The molecule has 208 valence electrons. The molecule has 4 rings (SSSR count). The number of H-pyrrole nitrogens is 1. The molecule has 0 saturated heterocycles. The Bertz CT molecular complexity index is 1740. The quantitative estimate of drug-likeness (QED) is 0.318. The Balaban J connectivity index is 1.79. The largest absolute Gasteiger partial charge is 0.497 e. The first-order chi connectivity index (χ1) is 19.0. The van der Waals surface area contributed by atoms with Crippen LogP contribution in [-0.2, 0) is 13.1 Å². The number of nitrogens with one attached hydrogen (secondary N) is 2. The van der Waals surface area contributed by atoms with E-state index >= 15 is 0 Å². The monoisotopic (exact) mass is 556 g/mol. The number of nitrogens with zero attached hydrogens (tertiary/aromatic N) is 4. The van der Waals surface area contributed by atoms with Crippen LogP contribution in [0, 0.1) is 17.5 Å². The van der Waals surface area contributed by atoms with Gasteiger partial charge in [-0.1, -0.05) is 0 Å². The summed E-state index contributed by atoms with van der Waals surface area (Å²) >= 11 is 0. The van der Waals surface area contributed by atoms with E-state index in [0.717, 1.165) is 4.57 Å². The second-order valence-electron chi connectivity index (χ2n) is 8.83. The van der Waals surface area contributed by atoms with E-state index in [2.05, 4.69) is 15.3 Å². The van der Waals surface area contributed by atoms with E-state index in [9.17, 15) is 32.3 Å². The van der Waals surface area contributed by atoms with Gasteiger partial charge in [0.2, 0.25) is 5.95 Å². The third-order valence-electron chi connectivity index (χ3n) is 5.84. The molecule has 0 aliphatic rings. The molecule has 0 atom stereocenters. The number of benzene rings is 2. The highest BCUT2D eigenvalue weighted by molar-refractivity contribution is 5.91. The Labute approximate surface area is 224 Å². The Kier molecular flexibility index (Phi) is 7.88. The van der Waals surface area contributed by atoms with E-state index in [0.29, 0.717) is 28.1 Å².